The molecule has 8 nitrogen and oxygen atoms in total. The third-order valence-electron chi connectivity index (χ3n) is 3.41. The molecule has 1 heterocycles. The molecule has 0 aliphatic carbocycles. The topological polar surface area (TPSA) is 104 Å². The Labute approximate surface area is 137 Å². The van der Waals surface area contributed by atoms with Gasteiger partial charge in [0.2, 0.25) is 10.0 Å². The fourth-order valence-corrected chi connectivity index (χ4v) is 3.74. The largest absolute Gasteiger partial charge is 0.481 e. The Morgan fingerprint density at radius 3 is 2.26 bits per heavy atom. The first-order valence-electron chi connectivity index (χ1n) is 7.55. The molecule has 1 fully saturated rings. The van der Waals surface area contributed by atoms with Gasteiger partial charge in [-0.15, -0.1) is 0 Å². The number of carboxylic acids is 1. The second kappa shape index (κ2) is 7.04. The van der Waals surface area contributed by atoms with Gasteiger partial charge in [0.15, 0.2) is 0 Å². The Morgan fingerprint density at radius 1 is 1.26 bits per heavy atom. The molecule has 0 radical (unpaired) electrons. The van der Waals surface area contributed by atoms with Crippen LogP contribution < -0.4 is 0 Å². The molecule has 1 amide bonds. The SMILES string of the molecule is CC(C)S(=O)(=O)N1CCN(C(=O)OC(C)(C)C)C[C@@H]1CC(=O)O. The molecule has 1 rings (SSSR count). The third kappa shape index (κ3) is 5.35. The van der Waals surface area contributed by atoms with Crippen molar-refractivity contribution < 1.29 is 27.9 Å². The maximum Gasteiger partial charge on any atom is 0.410 e. The van der Waals surface area contributed by atoms with E-state index in [4.69, 9.17) is 9.84 Å². The van der Waals surface area contributed by atoms with E-state index in [9.17, 15) is 18.0 Å². The lowest BCUT2D eigenvalue weighted by atomic mass is 10.1. The van der Waals surface area contributed by atoms with Gasteiger partial charge < -0.3 is 14.7 Å². The van der Waals surface area contributed by atoms with E-state index < -0.39 is 39.0 Å². The van der Waals surface area contributed by atoms with Crippen molar-refractivity contribution >= 4 is 22.1 Å². The smallest absolute Gasteiger partial charge is 0.410 e. The summed E-state index contributed by atoms with van der Waals surface area (Å²) in [5, 5.41) is 8.40. The summed E-state index contributed by atoms with van der Waals surface area (Å²) in [7, 11) is -3.59. The lowest BCUT2D eigenvalue weighted by Gasteiger charge is -2.40. The molecular weight excluding hydrogens is 324 g/mol. The molecule has 0 aromatic heterocycles. The minimum Gasteiger partial charge on any atom is -0.481 e. The summed E-state index contributed by atoms with van der Waals surface area (Å²) in [5.74, 6) is -1.11. The van der Waals surface area contributed by atoms with Gasteiger partial charge in [0, 0.05) is 19.6 Å². The standard InChI is InChI=1S/C14H26N2O6S/c1-10(2)23(20,21)16-7-6-15(9-11(16)8-12(17)18)13(19)22-14(3,4)5/h10-11H,6-9H2,1-5H3,(H,17,18)/t11-/m0/s1. The molecule has 0 unspecified atom stereocenters. The summed E-state index contributed by atoms with van der Waals surface area (Å²) in [6.45, 7) is 8.56. The van der Waals surface area contributed by atoms with E-state index in [1.54, 1.807) is 34.6 Å². The molecule has 0 saturated carbocycles. The van der Waals surface area contributed by atoms with Gasteiger partial charge in [-0.3, -0.25) is 4.79 Å². The number of nitrogens with zero attached hydrogens (tertiary/aromatic N) is 2. The van der Waals surface area contributed by atoms with Gasteiger partial charge in [0.05, 0.1) is 17.7 Å². The van der Waals surface area contributed by atoms with Crippen LogP contribution >= 0.6 is 0 Å². The van der Waals surface area contributed by atoms with E-state index >= 15 is 0 Å². The number of carbonyl (C=O) groups is 2. The van der Waals surface area contributed by atoms with Crippen LogP contribution in [0, 0.1) is 0 Å². The molecule has 1 N–H and O–H groups in total. The highest BCUT2D eigenvalue weighted by molar-refractivity contribution is 7.89. The van der Waals surface area contributed by atoms with E-state index in [2.05, 4.69) is 0 Å². The molecule has 0 aromatic carbocycles. The first-order chi connectivity index (χ1) is 10.3. The zero-order valence-electron chi connectivity index (χ0n) is 14.3. The maximum absolute atomic E-state index is 12.4. The number of amides is 1. The van der Waals surface area contributed by atoms with Crippen molar-refractivity contribution in [2.45, 2.75) is 57.9 Å². The number of carboxylic acid groups (broad SMARTS) is 1. The van der Waals surface area contributed by atoms with E-state index in [0.29, 0.717) is 0 Å². The van der Waals surface area contributed by atoms with Crippen LogP contribution in [-0.4, -0.2) is 71.3 Å². The summed E-state index contributed by atoms with van der Waals surface area (Å²) in [4.78, 5) is 24.5. The highest BCUT2D eigenvalue weighted by Gasteiger charge is 2.39. The Kier molecular flexibility index (Phi) is 6.03. The first-order valence-corrected chi connectivity index (χ1v) is 9.05. The molecule has 23 heavy (non-hydrogen) atoms. The Morgan fingerprint density at radius 2 is 1.83 bits per heavy atom. The molecule has 0 spiro atoms. The molecule has 1 aliphatic heterocycles. The quantitative estimate of drug-likeness (QED) is 0.815. The van der Waals surface area contributed by atoms with Crippen molar-refractivity contribution in [3.8, 4) is 0 Å². The number of sulfonamides is 1. The summed E-state index contributed by atoms with van der Waals surface area (Å²) >= 11 is 0. The predicted molar refractivity (Wildman–Crippen MR) is 84.6 cm³/mol. The van der Waals surface area contributed by atoms with Crippen molar-refractivity contribution in [3.63, 3.8) is 0 Å². The summed E-state index contributed by atoms with van der Waals surface area (Å²) < 4.78 is 31.2. The van der Waals surface area contributed by atoms with Crippen LogP contribution in [0.2, 0.25) is 0 Å². The van der Waals surface area contributed by atoms with Crippen molar-refractivity contribution in [2.75, 3.05) is 19.6 Å². The zero-order chi connectivity index (χ0) is 18.0. The second-order valence-electron chi connectivity index (χ2n) is 6.88. The highest BCUT2D eigenvalue weighted by Crippen LogP contribution is 2.22. The number of hydrogen-bond donors (Lipinski definition) is 1. The van der Waals surface area contributed by atoms with Gasteiger partial charge in [0.25, 0.3) is 0 Å². The molecule has 0 aromatic rings. The van der Waals surface area contributed by atoms with Crippen LogP contribution in [0.15, 0.2) is 0 Å². The fraction of sp³-hybridized carbons (Fsp3) is 0.857. The van der Waals surface area contributed by atoms with Crippen LogP contribution in [0.5, 0.6) is 0 Å². The number of hydrogen-bond acceptors (Lipinski definition) is 5. The van der Waals surface area contributed by atoms with E-state index in [0.717, 1.165) is 0 Å². The van der Waals surface area contributed by atoms with Crippen LogP contribution in [-0.2, 0) is 19.6 Å². The van der Waals surface area contributed by atoms with E-state index in [1.807, 2.05) is 0 Å². The molecule has 1 aliphatic rings. The van der Waals surface area contributed by atoms with Crippen molar-refractivity contribution in [3.05, 3.63) is 0 Å². The Balaban J connectivity index is 2.94. The van der Waals surface area contributed by atoms with Gasteiger partial charge >= 0.3 is 12.1 Å². The van der Waals surface area contributed by atoms with Crippen molar-refractivity contribution in [1.82, 2.24) is 9.21 Å². The molecule has 1 atom stereocenters. The molecule has 9 heteroatoms. The minimum absolute atomic E-state index is 0.00711. The number of ether oxygens (including phenoxy) is 1. The van der Waals surface area contributed by atoms with Crippen LogP contribution in [0.1, 0.15) is 41.0 Å². The van der Waals surface area contributed by atoms with E-state index in [1.165, 1.54) is 9.21 Å². The number of carbonyl (C=O) groups excluding carboxylic acids is 1. The predicted octanol–water partition coefficient (Wildman–Crippen LogP) is 1.12. The van der Waals surface area contributed by atoms with Crippen molar-refractivity contribution in [2.24, 2.45) is 0 Å². The van der Waals surface area contributed by atoms with Gasteiger partial charge in [-0.25, -0.2) is 13.2 Å². The average Bonchev–Trinajstić information content (AvgIpc) is 2.35. The fourth-order valence-electron chi connectivity index (χ4n) is 2.30. The second-order valence-corrected chi connectivity index (χ2v) is 9.32. The lowest BCUT2D eigenvalue weighted by Crippen LogP contribution is -2.58. The van der Waals surface area contributed by atoms with Gasteiger partial charge in [0.1, 0.15) is 5.60 Å². The lowest BCUT2D eigenvalue weighted by molar-refractivity contribution is -0.138. The average molecular weight is 350 g/mol. The Bertz CT molecular complexity index is 552. The monoisotopic (exact) mass is 350 g/mol. The summed E-state index contributed by atoms with van der Waals surface area (Å²) in [6, 6.07) is -0.791. The minimum atomic E-state index is -3.59. The number of aliphatic carboxylic acids is 1. The van der Waals surface area contributed by atoms with E-state index in [-0.39, 0.29) is 26.1 Å². The van der Waals surface area contributed by atoms with Crippen LogP contribution in [0.4, 0.5) is 4.79 Å². The Hall–Kier alpha value is -1.35. The zero-order valence-corrected chi connectivity index (χ0v) is 15.1. The normalized spacial score (nSPS) is 20.6. The number of rotatable bonds is 4. The molecule has 134 valence electrons. The summed E-state index contributed by atoms with van der Waals surface area (Å²) in [6.07, 6.45) is -0.917. The summed E-state index contributed by atoms with van der Waals surface area (Å²) in [5.41, 5.74) is -0.666. The van der Waals surface area contributed by atoms with Gasteiger partial charge in [-0.05, 0) is 34.6 Å². The van der Waals surface area contributed by atoms with Gasteiger partial charge in [-0.2, -0.15) is 4.31 Å². The highest BCUT2D eigenvalue weighted by atomic mass is 32.2. The molecular formula is C14H26N2O6S. The number of piperazine rings is 1. The first kappa shape index (κ1) is 19.7. The van der Waals surface area contributed by atoms with Gasteiger partial charge in [-0.1, -0.05) is 0 Å². The van der Waals surface area contributed by atoms with Crippen LogP contribution in [0.25, 0.3) is 0 Å². The van der Waals surface area contributed by atoms with Crippen LogP contribution in [0.3, 0.4) is 0 Å². The molecule has 1 saturated heterocycles. The third-order valence-corrected chi connectivity index (χ3v) is 5.74. The molecule has 0 bridgehead atoms. The maximum atomic E-state index is 12.4. The van der Waals surface area contributed by atoms with Crippen molar-refractivity contribution in [1.29, 1.82) is 0 Å².